The van der Waals surface area contributed by atoms with Gasteiger partial charge in [0.05, 0.1) is 11.9 Å². The molecule has 0 radical (unpaired) electrons. The second-order valence-electron chi connectivity index (χ2n) is 10.0. The first-order valence-electron chi connectivity index (χ1n) is 12.6. The van der Waals surface area contributed by atoms with E-state index in [1.165, 1.54) is 12.1 Å². The number of carbonyl (C=O) groups is 2. The minimum Gasteiger partial charge on any atom is -0.494 e. The lowest BCUT2D eigenvalue weighted by atomic mass is 9.76. The summed E-state index contributed by atoms with van der Waals surface area (Å²) >= 11 is 0. The molecule has 2 aromatic carbocycles. The molecule has 1 saturated carbocycles. The molecule has 2 N–H and O–H groups in total. The number of hydrogen-bond acceptors (Lipinski definition) is 5. The van der Waals surface area contributed by atoms with Crippen molar-refractivity contribution in [2.24, 2.45) is 0 Å². The van der Waals surface area contributed by atoms with Gasteiger partial charge in [0.1, 0.15) is 11.3 Å². The molecule has 7 nitrogen and oxygen atoms in total. The number of aryl methyl sites for hydroxylation is 1. The number of carbonyl (C=O) groups excluding carboxylic acids is 2. The highest BCUT2D eigenvalue weighted by molar-refractivity contribution is 7.91. The summed E-state index contributed by atoms with van der Waals surface area (Å²) in [6.07, 6.45) is -11.2. The predicted molar refractivity (Wildman–Crippen MR) is 136 cm³/mol. The van der Waals surface area contributed by atoms with Gasteiger partial charge in [-0.25, -0.2) is 13.1 Å². The summed E-state index contributed by atoms with van der Waals surface area (Å²) in [5.41, 5.74) is -3.61. The number of alkyl halides is 6. The zero-order valence-electron chi connectivity index (χ0n) is 21.7. The molecular formula is C27H26F6N2O5S. The highest BCUT2D eigenvalue weighted by Crippen LogP contribution is 2.48. The number of benzene rings is 2. The van der Waals surface area contributed by atoms with Crippen LogP contribution in [0.3, 0.4) is 0 Å². The molecule has 14 heteroatoms. The Morgan fingerprint density at radius 2 is 1.63 bits per heavy atom. The number of halogens is 6. The van der Waals surface area contributed by atoms with Crippen LogP contribution in [0.5, 0.6) is 5.75 Å². The molecule has 1 aliphatic carbocycles. The average Bonchev–Trinajstić information content (AvgIpc) is 3.72. The van der Waals surface area contributed by atoms with Crippen molar-refractivity contribution in [3.63, 3.8) is 0 Å². The topological polar surface area (TPSA) is 102 Å². The van der Waals surface area contributed by atoms with E-state index in [1.54, 1.807) is 19.1 Å². The number of ether oxygens (including phenoxy) is 1. The standard InChI is InChI=1S/C27H26F6N2O5S/c1-16-3-5-17(6-4-16)21-15-25(27(31,32)33,18-7-9-19(10-8-18)40-14-2-13-26(28,29)30)34-23(36)22(21)24(37)35-41(38,39)20-11-12-20/h3-10,20H,2,11-15H2,1H3,(H,34,36)(H,35,37)/t25-/m0/s1. The van der Waals surface area contributed by atoms with Crippen LogP contribution in [0.15, 0.2) is 54.1 Å². The van der Waals surface area contributed by atoms with Gasteiger partial charge in [-0.3, -0.25) is 9.59 Å². The lowest BCUT2D eigenvalue weighted by Crippen LogP contribution is -2.60. The molecule has 2 amide bonds. The van der Waals surface area contributed by atoms with E-state index < -0.39 is 69.0 Å². The maximum atomic E-state index is 14.8. The van der Waals surface area contributed by atoms with Gasteiger partial charge in [0, 0.05) is 12.8 Å². The van der Waals surface area contributed by atoms with Gasteiger partial charge < -0.3 is 10.1 Å². The fourth-order valence-electron chi connectivity index (χ4n) is 4.48. The number of hydrogen-bond donors (Lipinski definition) is 2. The first-order valence-corrected chi connectivity index (χ1v) is 14.1. The maximum absolute atomic E-state index is 14.8. The third kappa shape index (κ3) is 6.85. The number of sulfonamides is 1. The van der Waals surface area contributed by atoms with E-state index >= 15 is 0 Å². The minimum atomic E-state index is -5.09. The lowest BCUT2D eigenvalue weighted by Gasteiger charge is -2.41. The van der Waals surface area contributed by atoms with E-state index in [9.17, 15) is 44.3 Å². The van der Waals surface area contributed by atoms with Gasteiger partial charge in [-0.2, -0.15) is 26.3 Å². The first kappa shape index (κ1) is 30.4. The summed E-state index contributed by atoms with van der Waals surface area (Å²) < 4.78 is 113. The highest BCUT2D eigenvalue weighted by Gasteiger charge is 2.60. The van der Waals surface area contributed by atoms with Gasteiger partial charge in [-0.15, -0.1) is 0 Å². The SMILES string of the molecule is Cc1ccc(C2=C(C(=O)NS(=O)(=O)C3CC3)C(=O)N[C@@](c3ccc(OCCCC(F)(F)F)cc3)(C(F)(F)F)C2)cc1. The summed E-state index contributed by atoms with van der Waals surface area (Å²) in [6, 6.07) is 10.4. The Hall–Kier alpha value is -3.55. The van der Waals surface area contributed by atoms with E-state index in [4.69, 9.17) is 4.74 Å². The zero-order chi connectivity index (χ0) is 30.2. The first-order chi connectivity index (χ1) is 19.0. The van der Waals surface area contributed by atoms with Crippen molar-refractivity contribution in [3.05, 3.63) is 70.8 Å². The summed E-state index contributed by atoms with van der Waals surface area (Å²) in [5, 5.41) is 1.09. The van der Waals surface area contributed by atoms with Crippen molar-refractivity contribution < 1.29 is 49.1 Å². The van der Waals surface area contributed by atoms with E-state index in [2.05, 4.69) is 0 Å². The molecule has 0 aromatic heterocycles. The Morgan fingerprint density at radius 1 is 1.02 bits per heavy atom. The molecule has 0 saturated heterocycles. The van der Waals surface area contributed by atoms with Gasteiger partial charge in [0.2, 0.25) is 10.0 Å². The van der Waals surface area contributed by atoms with Crippen molar-refractivity contribution in [1.29, 1.82) is 0 Å². The summed E-state index contributed by atoms with van der Waals surface area (Å²) in [5.74, 6) is -2.72. The van der Waals surface area contributed by atoms with Crippen LogP contribution < -0.4 is 14.8 Å². The van der Waals surface area contributed by atoms with Crippen LogP contribution in [-0.2, 0) is 25.2 Å². The molecule has 0 unspecified atom stereocenters. The molecule has 0 bridgehead atoms. The minimum absolute atomic E-state index is 0.0232. The predicted octanol–water partition coefficient (Wildman–Crippen LogP) is 5.06. The zero-order valence-corrected chi connectivity index (χ0v) is 22.5. The van der Waals surface area contributed by atoms with Crippen LogP contribution in [0.2, 0.25) is 0 Å². The van der Waals surface area contributed by atoms with Crippen molar-refractivity contribution in [1.82, 2.24) is 10.0 Å². The van der Waals surface area contributed by atoms with Crippen molar-refractivity contribution in [2.45, 2.75) is 62.2 Å². The van der Waals surface area contributed by atoms with Crippen LogP contribution in [-0.4, -0.2) is 44.4 Å². The molecule has 2 aliphatic rings. The Morgan fingerprint density at radius 3 is 2.17 bits per heavy atom. The van der Waals surface area contributed by atoms with Crippen LogP contribution in [0.25, 0.3) is 5.57 Å². The Bertz CT molecular complexity index is 1450. The lowest BCUT2D eigenvalue weighted by molar-refractivity contribution is -0.201. The fourth-order valence-corrected chi connectivity index (χ4v) is 5.77. The van der Waals surface area contributed by atoms with Gasteiger partial charge in [-0.05, 0) is 55.0 Å². The molecule has 0 spiro atoms. The summed E-state index contributed by atoms with van der Waals surface area (Å²) in [6.45, 7) is 1.41. The van der Waals surface area contributed by atoms with E-state index in [-0.39, 0.29) is 29.9 Å². The Balaban J connectivity index is 1.71. The largest absolute Gasteiger partial charge is 0.494 e. The quantitative estimate of drug-likeness (QED) is 0.237. The van der Waals surface area contributed by atoms with Crippen molar-refractivity contribution >= 4 is 27.4 Å². The Kier molecular flexibility index (Phi) is 8.18. The van der Waals surface area contributed by atoms with Crippen LogP contribution >= 0.6 is 0 Å². The molecular weight excluding hydrogens is 578 g/mol. The van der Waals surface area contributed by atoms with Crippen LogP contribution in [0.4, 0.5) is 26.3 Å². The number of nitrogens with one attached hydrogen (secondary N) is 2. The van der Waals surface area contributed by atoms with Crippen LogP contribution in [0.1, 0.15) is 48.8 Å². The monoisotopic (exact) mass is 604 g/mol. The molecule has 1 aliphatic heterocycles. The van der Waals surface area contributed by atoms with Crippen LogP contribution in [0, 0.1) is 6.92 Å². The molecule has 1 heterocycles. The summed E-state index contributed by atoms with van der Waals surface area (Å²) in [7, 11) is -4.12. The summed E-state index contributed by atoms with van der Waals surface area (Å²) in [4.78, 5) is 26.3. The highest BCUT2D eigenvalue weighted by atomic mass is 32.2. The molecule has 1 fully saturated rings. The van der Waals surface area contributed by atoms with Gasteiger partial charge in [0.25, 0.3) is 11.8 Å². The van der Waals surface area contributed by atoms with Gasteiger partial charge >= 0.3 is 12.4 Å². The van der Waals surface area contributed by atoms with E-state index in [0.29, 0.717) is 12.8 Å². The van der Waals surface area contributed by atoms with E-state index in [1.807, 2.05) is 10.0 Å². The normalized spacial score (nSPS) is 20.0. The van der Waals surface area contributed by atoms with Crippen molar-refractivity contribution in [2.75, 3.05) is 6.61 Å². The Labute approximate surface area is 232 Å². The molecule has 41 heavy (non-hydrogen) atoms. The smallest absolute Gasteiger partial charge is 0.416 e. The third-order valence-electron chi connectivity index (χ3n) is 6.83. The van der Waals surface area contributed by atoms with Gasteiger partial charge in [-0.1, -0.05) is 42.0 Å². The molecule has 2 aromatic rings. The molecule has 1 atom stereocenters. The maximum Gasteiger partial charge on any atom is 0.416 e. The van der Waals surface area contributed by atoms with E-state index in [0.717, 1.165) is 29.8 Å². The number of amides is 2. The fraction of sp³-hybridized carbons (Fsp3) is 0.407. The second-order valence-corrected chi connectivity index (χ2v) is 12.0. The van der Waals surface area contributed by atoms with Crippen molar-refractivity contribution in [3.8, 4) is 5.75 Å². The average molecular weight is 605 g/mol. The molecule has 222 valence electrons. The van der Waals surface area contributed by atoms with Gasteiger partial charge in [0.15, 0.2) is 5.54 Å². The molecule has 4 rings (SSSR count). The second kappa shape index (κ2) is 11.0. The third-order valence-corrected chi connectivity index (χ3v) is 8.65. The number of rotatable bonds is 9.